The van der Waals surface area contributed by atoms with Crippen LogP contribution in [0.4, 0.5) is 0 Å². The van der Waals surface area contributed by atoms with E-state index in [9.17, 15) is 13.2 Å². The van der Waals surface area contributed by atoms with E-state index in [1.165, 1.54) is 4.31 Å². The first-order valence-electron chi connectivity index (χ1n) is 6.51. The Bertz CT molecular complexity index is 629. The predicted octanol–water partition coefficient (Wildman–Crippen LogP) is 2.02. The summed E-state index contributed by atoms with van der Waals surface area (Å²) in [7, 11) is -3.59. The molecule has 0 aromatic heterocycles. The third-order valence-electron chi connectivity index (χ3n) is 3.57. The molecule has 116 valence electrons. The van der Waals surface area contributed by atoms with Crippen molar-refractivity contribution in [3.05, 3.63) is 33.8 Å². The fourth-order valence-corrected chi connectivity index (χ4v) is 4.73. The molecule has 2 rings (SSSR count). The Morgan fingerprint density at radius 1 is 1.33 bits per heavy atom. The highest BCUT2D eigenvalue weighted by Gasteiger charge is 2.32. The molecule has 5 nitrogen and oxygen atoms in total. The standard InChI is InChI=1S/C13H16Cl2N2O3S/c14-11-4-1-5-12(15)10(11)8-21(19,20)17-6-2-3-9(7-17)13(16)18/h1,4-5,9H,2-3,6-8H2,(H2,16,18)/t9-/m1/s1. The minimum Gasteiger partial charge on any atom is -0.369 e. The highest BCUT2D eigenvalue weighted by molar-refractivity contribution is 7.88. The van der Waals surface area contributed by atoms with E-state index in [-0.39, 0.29) is 12.3 Å². The van der Waals surface area contributed by atoms with Gasteiger partial charge in [0.2, 0.25) is 15.9 Å². The first kappa shape index (κ1) is 16.5. The largest absolute Gasteiger partial charge is 0.369 e. The summed E-state index contributed by atoms with van der Waals surface area (Å²) in [6.07, 6.45) is 1.23. The minimum atomic E-state index is -3.59. The minimum absolute atomic E-state index is 0.125. The van der Waals surface area contributed by atoms with Crippen molar-refractivity contribution in [1.29, 1.82) is 0 Å². The van der Waals surface area contributed by atoms with Crippen molar-refractivity contribution in [2.24, 2.45) is 11.7 Å². The number of rotatable bonds is 4. The lowest BCUT2D eigenvalue weighted by Crippen LogP contribution is -2.44. The molecular formula is C13H16Cl2N2O3S. The predicted molar refractivity (Wildman–Crippen MR) is 82.6 cm³/mol. The molecule has 8 heteroatoms. The second-order valence-corrected chi connectivity index (χ2v) is 7.84. The van der Waals surface area contributed by atoms with Gasteiger partial charge >= 0.3 is 0 Å². The van der Waals surface area contributed by atoms with Crippen molar-refractivity contribution in [3.8, 4) is 0 Å². The summed E-state index contributed by atoms with van der Waals surface area (Å²) >= 11 is 12.0. The molecule has 1 aliphatic rings. The van der Waals surface area contributed by atoms with Gasteiger partial charge < -0.3 is 5.73 Å². The van der Waals surface area contributed by atoms with Gasteiger partial charge in [-0.1, -0.05) is 29.3 Å². The molecule has 0 radical (unpaired) electrons. The molecule has 1 fully saturated rings. The van der Waals surface area contributed by atoms with E-state index in [1.54, 1.807) is 18.2 Å². The number of carbonyl (C=O) groups excluding carboxylic acids is 1. The van der Waals surface area contributed by atoms with E-state index in [0.717, 1.165) is 0 Å². The number of hydrogen-bond donors (Lipinski definition) is 1. The monoisotopic (exact) mass is 350 g/mol. The molecule has 1 aliphatic heterocycles. The lowest BCUT2D eigenvalue weighted by Gasteiger charge is -2.30. The third-order valence-corrected chi connectivity index (χ3v) is 6.05. The van der Waals surface area contributed by atoms with Crippen LogP contribution in [0.25, 0.3) is 0 Å². The lowest BCUT2D eigenvalue weighted by atomic mass is 9.99. The zero-order valence-electron chi connectivity index (χ0n) is 11.3. The van der Waals surface area contributed by atoms with Gasteiger partial charge in [0.05, 0.1) is 11.7 Å². The number of primary amides is 1. The molecule has 0 saturated carbocycles. The van der Waals surface area contributed by atoms with Crippen LogP contribution in [-0.2, 0) is 20.6 Å². The summed E-state index contributed by atoms with van der Waals surface area (Å²) in [6, 6.07) is 4.85. The smallest absolute Gasteiger partial charge is 0.221 e. The van der Waals surface area contributed by atoms with Crippen LogP contribution < -0.4 is 5.73 Å². The molecule has 1 saturated heterocycles. The molecule has 0 unspecified atom stereocenters. The van der Waals surface area contributed by atoms with Gasteiger partial charge in [-0.3, -0.25) is 4.79 Å². The molecule has 0 spiro atoms. The summed E-state index contributed by atoms with van der Waals surface area (Å²) < 4.78 is 26.3. The number of sulfonamides is 1. The summed E-state index contributed by atoms with van der Waals surface area (Å²) in [5.41, 5.74) is 5.65. The SMILES string of the molecule is NC(=O)[C@@H]1CCCN(S(=O)(=O)Cc2c(Cl)cccc2Cl)C1. The van der Waals surface area contributed by atoms with Crippen LogP contribution >= 0.6 is 23.2 Å². The van der Waals surface area contributed by atoms with Crippen LogP contribution in [0, 0.1) is 5.92 Å². The fourth-order valence-electron chi connectivity index (χ4n) is 2.37. The number of nitrogens with two attached hydrogens (primary N) is 1. The summed E-state index contributed by atoms with van der Waals surface area (Å²) in [6.45, 7) is 0.508. The number of amides is 1. The molecule has 0 aliphatic carbocycles. The van der Waals surface area contributed by atoms with Gasteiger partial charge in [0.15, 0.2) is 0 Å². The van der Waals surface area contributed by atoms with Gasteiger partial charge in [-0.2, -0.15) is 0 Å². The Hall–Kier alpha value is -0.820. The fraction of sp³-hybridized carbons (Fsp3) is 0.462. The van der Waals surface area contributed by atoms with Crippen molar-refractivity contribution >= 4 is 39.1 Å². The van der Waals surface area contributed by atoms with E-state index < -0.39 is 21.8 Å². The second-order valence-electron chi connectivity index (χ2n) is 5.06. The number of benzene rings is 1. The van der Waals surface area contributed by atoms with Gasteiger partial charge in [-0.05, 0) is 25.0 Å². The first-order chi connectivity index (χ1) is 9.81. The van der Waals surface area contributed by atoms with E-state index in [2.05, 4.69) is 0 Å². The Labute approximate surface area is 134 Å². The maximum atomic E-state index is 12.5. The first-order valence-corrected chi connectivity index (χ1v) is 8.88. The number of piperidine rings is 1. The van der Waals surface area contributed by atoms with Crippen LogP contribution in [0.5, 0.6) is 0 Å². The van der Waals surface area contributed by atoms with Crippen LogP contribution in [0.1, 0.15) is 18.4 Å². The molecule has 1 heterocycles. The van der Waals surface area contributed by atoms with Gasteiger partial charge in [-0.15, -0.1) is 0 Å². The molecule has 1 atom stereocenters. The summed E-state index contributed by atoms with van der Waals surface area (Å²) in [4.78, 5) is 11.3. The maximum absolute atomic E-state index is 12.5. The van der Waals surface area contributed by atoms with Gasteiger partial charge in [0.25, 0.3) is 0 Å². The van der Waals surface area contributed by atoms with Crippen LogP contribution in [-0.4, -0.2) is 31.7 Å². The third kappa shape index (κ3) is 3.88. The van der Waals surface area contributed by atoms with Crippen molar-refractivity contribution < 1.29 is 13.2 Å². The van der Waals surface area contributed by atoms with Gasteiger partial charge in [0.1, 0.15) is 0 Å². The Kier molecular flexibility index (Phi) is 5.14. The molecule has 1 aromatic carbocycles. The van der Waals surface area contributed by atoms with Crippen LogP contribution in [0.15, 0.2) is 18.2 Å². The van der Waals surface area contributed by atoms with Crippen molar-refractivity contribution in [2.45, 2.75) is 18.6 Å². The van der Waals surface area contributed by atoms with E-state index in [1.807, 2.05) is 0 Å². The summed E-state index contributed by atoms with van der Waals surface area (Å²) in [5.74, 6) is -1.18. The average Bonchev–Trinajstić information content (AvgIpc) is 2.43. The number of hydrogen-bond acceptors (Lipinski definition) is 3. The molecule has 2 N–H and O–H groups in total. The molecule has 1 amide bonds. The van der Waals surface area contributed by atoms with Crippen molar-refractivity contribution in [3.63, 3.8) is 0 Å². The van der Waals surface area contributed by atoms with Gasteiger partial charge in [0, 0.05) is 28.7 Å². The Morgan fingerprint density at radius 2 is 1.95 bits per heavy atom. The number of nitrogens with zero attached hydrogens (tertiary/aromatic N) is 1. The highest BCUT2D eigenvalue weighted by Crippen LogP contribution is 2.28. The van der Waals surface area contributed by atoms with Crippen molar-refractivity contribution in [2.75, 3.05) is 13.1 Å². The highest BCUT2D eigenvalue weighted by atomic mass is 35.5. The topological polar surface area (TPSA) is 80.5 Å². The summed E-state index contributed by atoms with van der Waals surface area (Å²) in [5, 5.41) is 0.629. The van der Waals surface area contributed by atoms with E-state index in [4.69, 9.17) is 28.9 Å². The van der Waals surface area contributed by atoms with Crippen molar-refractivity contribution in [1.82, 2.24) is 4.31 Å². The maximum Gasteiger partial charge on any atom is 0.221 e. The Morgan fingerprint density at radius 3 is 2.52 bits per heavy atom. The van der Waals surface area contributed by atoms with E-state index >= 15 is 0 Å². The van der Waals surface area contributed by atoms with E-state index in [0.29, 0.717) is 35.0 Å². The molecule has 1 aromatic rings. The second kappa shape index (κ2) is 6.52. The number of carbonyl (C=O) groups is 1. The molecule has 0 bridgehead atoms. The lowest BCUT2D eigenvalue weighted by molar-refractivity contribution is -0.122. The normalized spacial score (nSPS) is 20.4. The quantitative estimate of drug-likeness (QED) is 0.901. The molecular weight excluding hydrogens is 335 g/mol. The average molecular weight is 351 g/mol. The van der Waals surface area contributed by atoms with Crippen LogP contribution in [0.3, 0.4) is 0 Å². The zero-order valence-corrected chi connectivity index (χ0v) is 13.6. The van der Waals surface area contributed by atoms with Crippen LogP contribution in [0.2, 0.25) is 10.0 Å². The number of halogens is 2. The zero-order chi connectivity index (χ0) is 15.6. The molecule has 21 heavy (non-hydrogen) atoms. The van der Waals surface area contributed by atoms with Gasteiger partial charge in [-0.25, -0.2) is 12.7 Å². The Balaban J connectivity index is 2.20.